The Hall–Kier alpha value is -1.45. The van der Waals surface area contributed by atoms with Crippen LogP contribution in [0.1, 0.15) is 38.7 Å². The van der Waals surface area contributed by atoms with Gasteiger partial charge in [-0.25, -0.2) is 8.78 Å². The van der Waals surface area contributed by atoms with E-state index in [2.05, 4.69) is 0 Å². The highest BCUT2D eigenvalue weighted by atomic mass is 19.1. The Labute approximate surface area is 106 Å². The highest BCUT2D eigenvalue weighted by molar-refractivity contribution is 5.70. The molecule has 18 heavy (non-hydrogen) atoms. The van der Waals surface area contributed by atoms with Crippen molar-refractivity contribution in [2.75, 3.05) is 6.61 Å². The molecule has 0 aromatic heterocycles. The molecule has 0 aliphatic carbocycles. The molecule has 0 amide bonds. The third-order valence-electron chi connectivity index (χ3n) is 2.54. The molecule has 2 nitrogen and oxygen atoms in total. The van der Waals surface area contributed by atoms with Crippen LogP contribution in [0.15, 0.2) is 18.2 Å². The second kappa shape index (κ2) is 6.47. The normalized spacial score (nSPS) is 12.6. The van der Waals surface area contributed by atoms with Crippen LogP contribution >= 0.6 is 0 Å². The van der Waals surface area contributed by atoms with Crippen LogP contribution < -0.4 is 0 Å². The van der Waals surface area contributed by atoms with E-state index in [0.29, 0.717) is 12.2 Å². The number of hydrogen-bond donors (Lipinski definition) is 0. The van der Waals surface area contributed by atoms with Gasteiger partial charge in [0, 0.05) is 6.07 Å². The second-order valence-corrected chi connectivity index (χ2v) is 4.85. The van der Waals surface area contributed by atoms with Crippen molar-refractivity contribution in [3.63, 3.8) is 0 Å². The molecule has 100 valence electrons. The predicted molar refractivity (Wildman–Crippen MR) is 65.2 cm³/mol. The zero-order chi connectivity index (χ0) is 13.7. The molecule has 0 saturated heterocycles. The maximum Gasteiger partial charge on any atom is 0.306 e. The van der Waals surface area contributed by atoms with Gasteiger partial charge in [-0.3, -0.25) is 4.79 Å². The first-order valence-corrected chi connectivity index (χ1v) is 6.00. The zero-order valence-electron chi connectivity index (χ0n) is 10.9. The average Bonchev–Trinajstić information content (AvgIpc) is 2.26. The molecule has 1 atom stereocenters. The zero-order valence-corrected chi connectivity index (χ0v) is 10.9. The van der Waals surface area contributed by atoms with Crippen molar-refractivity contribution in [2.24, 2.45) is 5.92 Å². The third-order valence-corrected chi connectivity index (χ3v) is 2.54. The van der Waals surface area contributed by atoms with Crippen LogP contribution in [0.4, 0.5) is 8.78 Å². The van der Waals surface area contributed by atoms with E-state index in [9.17, 15) is 13.6 Å². The highest BCUT2D eigenvalue weighted by Crippen LogP contribution is 2.23. The highest BCUT2D eigenvalue weighted by Gasteiger charge is 2.16. The van der Waals surface area contributed by atoms with E-state index in [1.54, 1.807) is 6.92 Å². The summed E-state index contributed by atoms with van der Waals surface area (Å²) in [4.78, 5) is 11.5. The number of hydrogen-bond acceptors (Lipinski definition) is 2. The maximum absolute atomic E-state index is 13.5. The lowest BCUT2D eigenvalue weighted by Crippen LogP contribution is -2.13. The molecule has 1 aromatic rings. The second-order valence-electron chi connectivity index (χ2n) is 4.85. The van der Waals surface area contributed by atoms with Crippen LogP contribution in [0.5, 0.6) is 0 Å². The van der Waals surface area contributed by atoms with Crippen molar-refractivity contribution in [1.29, 1.82) is 0 Å². The van der Waals surface area contributed by atoms with E-state index < -0.39 is 11.6 Å². The predicted octanol–water partition coefficient (Wildman–Crippen LogP) is 3.66. The van der Waals surface area contributed by atoms with E-state index in [-0.39, 0.29) is 24.2 Å². The lowest BCUT2D eigenvalue weighted by atomic mass is 9.97. The first-order chi connectivity index (χ1) is 8.40. The van der Waals surface area contributed by atoms with Gasteiger partial charge in [0.05, 0.1) is 13.0 Å². The van der Waals surface area contributed by atoms with Gasteiger partial charge >= 0.3 is 5.97 Å². The SMILES string of the molecule is CC(C)COC(=O)CC(C)c1ccc(F)cc1F. The molecule has 0 heterocycles. The Morgan fingerprint density at radius 2 is 1.94 bits per heavy atom. The Morgan fingerprint density at radius 1 is 1.28 bits per heavy atom. The summed E-state index contributed by atoms with van der Waals surface area (Å²) in [5.74, 6) is -1.66. The molecule has 1 unspecified atom stereocenters. The Bertz CT molecular complexity index is 416. The van der Waals surface area contributed by atoms with Crippen LogP contribution in [-0.4, -0.2) is 12.6 Å². The summed E-state index contributed by atoms with van der Waals surface area (Å²) < 4.78 is 31.2. The van der Waals surface area contributed by atoms with Crippen LogP contribution in [0.3, 0.4) is 0 Å². The van der Waals surface area contributed by atoms with Gasteiger partial charge in [-0.15, -0.1) is 0 Å². The number of carbonyl (C=O) groups excluding carboxylic acids is 1. The van der Waals surface area contributed by atoms with Gasteiger partial charge in [-0.2, -0.15) is 0 Å². The summed E-state index contributed by atoms with van der Waals surface area (Å²) in [6.45, 7) is 5.96. The van der Waals surface area contributed by atoms with Crippen LogP contribution in [-0.2, 0) is 9.53 Å². The maximum atomic E-state index is 13.5. The Balaban J connectivity index is 2.59. The number of esters is 1. The van der Waals surface area contributed by atoms with Gasteiger partial charge in [0.2, 0.25) is 0 Å². The van der Waals surface area contributed by atoms with E-state index in [1.165, 1.54) is 12.1 Å². The molecular formula is C14H18F2O2. The van der Waals surface area contributed by atoms with Crippen molar-refractivity contribution < 1.29 is 18.3 Å². The fourth-order valence-corrected chi connectivity index (χ4v) is 1.58. The first-order valence-electron chi connectivity index (χ1n) is 6.00. The molecule has 0 fully saturated rings. The largest absolute Gasteiger partial charge is 0.465 e. The molecule has 0 radical (unpaired) electrons. The molecule has 4 heteroatoms. The molecule has 0 aliphatic rings. The minimum atomic E-state index is -0.626. The summed E-state index contributed by atoms with van der Waals surface area (Å²) in [7, 11) is 0. The molecule has 0 N–H and O–H groups in total. The number of rotatable bonds is 5. The summed E-state index contributed by atoms with van der Waals surface area (Å²) in [5, 5.41) is 0. The first kappa shape index (κ1) is 14.6. The lowest BCUT2D eigenvalue weighted by Gasteiger charge is -2.13. The topological polar surface area (TPSA) is 26.3 Å². The number of ether oxygens (including phenoxy) is 1. The van der Waals surface area contributed by atoms with E-state index in [4.69, 9.17) is 4.74 Å². The van der Waals surface area contributed by atoms with Gasteiger partial charge in [0.1, 0.15) is 11.6 Å². The molecule has 0 aliphatic heterocycles. The molecular weight excluding hydrogens is 238 g/mol. The van der Waals surface area contributed by atoms with E-state index in [0.717, 1.165) is 6.07 Å². The smallest absolute Gasteiger partial charge is 0.306 e. The van der Waals surface area contributed by atoms with Gasteiger partial charge < -0.3 is 4.74 Å². The summed E-state index contributed by atoms with van der Waals surface area (Å²) in [5.41, 5.74) is 0.331. The molecule has 0 saturated carbocycles. The summed E-state index contributed by atoms with van der Waals surface area (Å²) in [6.07, 6.45) is 0.0925. The minimum absolute atomic E-state index is 0.0925. The minimum Gasteiger partial charge on any atom is -0.465 e. The average molecular weight is 256 g/mol. The summed E-state index contributed by atoms with van der Waals surface area (Å²) in [6, 6.07) is 3.38. The van der Waals surface area contributed by atoms with Crippen molar-refractivity contribution in [3.8, 4) is 0 Å². The van der Waals surface area contributed by atoms with Crippen LogP contribution in [0.25, 0.3) is 0 Å². The molecule has 0 bridgehead atoms. The Kier molecular flexibility index (Phi) is 5.25. The van der Waals surface area contributed by atoms with Gasteiger partial charge in [-0.1, -0.05) is 26.8 Å². The van der Waals surface area contributed by atoms with Crippen molar-refractivity contribution in [3.05, 3.63) is 35.4 Å². The number of carbonyl (C=O) groups is 1. The Morgan fingerprint density at radius 3 is 2.50 bits per heavy atom. The number of benzene rings is 1. The van der Waals surface area contributed by atoms with Crippen LogP contribution in [0, 0.1) is 17.6 Å². The molecule has 1 rings (SSSR count). The monoisotopic (exact) mass is 256 g/mol. The quantitative estimate of drug-likeness (QED) is 0.751. The van der Waals surface area contributed by atoms with Crippen molar-refractivity contribution in [1.82, 2.24) is 0 Å². The third kappa shape index (κ3) is 4.43. The van der Waals surface area contributed by atoms with Gasteiger partial charge in [-0.05, 0) is 23.5 Å². The fraction of sp³-hybridized carbons (Fsp3) is 0.500. The van der Waals surface area contributed by atoms with Crippen molar-refractivity contribution >= 4 is 5.97 Å². The fourth-order valence-electron chi connectivity index (χ4n) is 1.58. The van der Waals surface area contributed by atoms with Gasteiger partial charge in [0.15, 0.2) is 0 Å². The standard InChI is InChI=1S/C14H18F2O2/c1-9(2)8-18-14(17)6-10(3)12-5-4-11(15)7-13(12)16/h4-5,7,9-10H,6,8H2,1-3H3. The van der Waals surface area contributed by atoms with Gasteiger partial charge in [0.25, 0.3) is 0 Å². The summed E-state index contributed by atoms with van der Waals surface area (Å²) >= 11 is 0. The lowest BCUT2D eigenvalue weighted by molar-refractivity contribution is -0.145. The van der Waals surface area contributed by atoms with Crippen LogP contribution in [0.2, 0.25) is 0 Å². The number of halogens is 2. The molecule has 0 spiro atoms. The van der Waals surface area contributed by atoms with E-state index >= 15 is 0 Å². The van der Waals surface area contributed by atoms with Crippen molar-refractivity contribution in [2.45, 2.75) is 33.1 Å². The van der Waals surface area contributed by atoms with E-state index in [1.807, 2.05) is 13.8 Å². The molecule has 1 aromatic carbocycles.